The fourth-order valence-electron chi connectivity index (χ4n) is 3.36. The highest BCUT2D eigenvalue weighted by Gasteiger charge is 2.14. The lowest BCUT2D eigenvalue weighted by Crippen LogP contribution is -2.35. The number of nitrogens with two attached hydrogens (primary N) is 2. The Hall–Kier alpha value is -3.20. The lowest BCUT2D eigenvalue weighted by atomic mass is 10.1. The third kappa shape index (κ3) is 6.92. The number of hydrogen-bond donors (Lipinski definition) is 4. The molecule has 0 aliphatic carbocycles. The van der Waals surface area contributed by atoms with Crippen molar-refractivity contribution in [2.45, 2.75) is 19.6 Å². The van der Waals surface area contributed by atoms with E-state index in [2.05, 4.69) is 28.2 Å². The number of carbonyl (C=O) groups is 1. The van der Waals surface area contributed by atoms with Crippen LogP contribution in [0, 0.1) is 0 Å². The molecule has 1 amide bonds. The lowest BCUT2D eigenvalue weighted by molar-refractivity contribution is -0.111. The van der Waals surface area contributed by atoms with E-state index in [9.17, 15) is 4.79 Å². The molecule has 2 aromatic rings. The van der Waals surface area contributed by atoms with Crippen molar-refractivity contribution in [2.75, 3.05) is 36.9 Å². The Morgan fingerprint density at radius 1 is 1.32 bits per heavy atom. The summed E-state index contributed by atoms with van der Waals surface area (Å²) in [5, 5.41) is 5.99. The van der Waals surface area contributed by atoms with E-state index in [0.717, 1.165) is 49.7 Å². The predicted octanol–water partition coefficient (Wildman–Crippen LogP) is 2.26. The first-order valence-corrected chi connectivity index (χ1v) is 10.2. The zero-order chi connectivity index (χ0) is 22.2. The van der Waals surface area contributed by atoms with Gasteiger partial charge in [0.2, 0.25) is 5.91 Å². The number of rotatable bonds is 8. The van der Waals surface area contributed by atoms with Gasteiger partial charge in [-0.3, -0.25) is 9.69 Å². The van der Waals surface area contributed by atoms with Gasteiger partial charge in [0.05, 0.1) is 25.1 Å². The Morgan fingerprint density at radius 2 is 2.10 bits per heavy atom. The number of morpholine rings is 1. The highest BCUT2D eigenvalue weighted by atomic mass is 16.5. The standard InChI is InChI=1S/C23H30N6O2/c1-3-23(30)26-19-6-4-5-18(14-19)20-12-17(15-29-7-9-31-10-8-29)13-22(27-20)28-21(25)11-16(2)24/h3-6,11-14,21H,1,7-10,15,24-25H2,2H3,(H,26,30)(H,27,28)/b16-11-. The van der Waals surface area contributed by atoms with Crippen LogP contribution in [0.5, 0.6) is 0 Å². The highest BCUT2D eigenvalue weighted by Crippen LogP contribution is 2.25. The smallest absolute Gasteiger partial charge is 0.247 e. The second-order valence-electron chi connectivity index (χ2n) is 7.49. The van der Waals surface area contributed by atoms with Crippen molar-refractivity contribution < 1.29 is 9.53 Å². The SMILES string of the molecule is C=CC(=O)Nc1cccc(-c2cc(CN3CCOCC3)cc(NC(N)/C=C(/C)N)n2)c1. The zero-order valence-electron chi connectivity index (χ0n) is 17.8. The molecule has 8 heteroatoms. The van der Waals surface area contributed by atoms with E-state index in [-0.39, 0.29) is 5.91 Å². The van der Waals surface area contributed by atoms with Crippen LogP contribution in [0.1, 0.15) is 12.5 Å². The average Bonchev–Trinajstić information content (AvgIpc) is 2.73. The van der Waals surface area contributed by atoms with Gasteiger partial charge in [0.1, 0.15) is 5.82 Å². The van der Waals surface area contributed by atoms with E-state index < -0.39 is 6.17 Å². The number of carbonyl (C=O) groups excluding carboxylic acids is 1. The summed E-state index contributed by atoms with van der Waals surface area (Å²) in [6.45, 7) is 9.31. The van der Waals surface area contributed by atoms with E-state index in [1.165, 1.54) is 6.08 Å². The van der Waals surface area contributed by atoms with Crippen LogP contribution >= 0.6 is 0 Å². The summed E-state index contributed by atoms with van der Waals surface area (Å²) in [6.07, 6.45) is 2.52. The second kappa shape index (κ2) is 10.7. The van der Waals surface area contributed by atoms with E-state index in [4.69, 9.17) is 21.2 Å². The van der Waals surface area contributed by atoms with Gasteiger partial charge in [-0.05, 0) is 48.9 Å². The van der Waals surface area contributed by atoms with E-state index >= 15 is 0 Å². The van der Waals surface area contributed by atoms with Crippen LogP contribution in [-0.4, -0.2) is 48.3 Å². The molecule has 0 saturated carbocycles. The minimum Gasteiger partial charge on any atom is -0.402 e. The lowest BCUT2D eigenvalue weighted by Gasteiger charge is -2.27. The molecule has 164 valence electrons. The van der Waals surface area contributed by atoms with E-state index in [1.807, 2.05) is 30.3 Å². The van der Waals surface area contributed by atoms with Crippen LogP contribution < -0.4 is 22.1 Å². The summed E-state index contributed by atoms with van der Waals surface area (Å²) >= 11 is 0. The minimum atomic E-state index is -0.456. The molecule has 8 nitrogen and oxygen atoms in total. The summed E-state index contributed by atoms with van der Waals surface area (Å²) in [4.78, 5) is 18.8. The van der Waals surface area contributed by atoms with Gasteiger partial charge in [0.15, 0.2) is 0 Å². The number of amides is 1. The Balaban J connectivity index is 1.92. The fourth-order valence-corrected chi connectivity index (χ4v) is 3.36. The van der Waals surface area contributed by atoms with Crippen molar-refractivity contribution in [1.82, 2.24) is 9.88 Å². The Morgan fingerprint density at radius 3 is 2.81 bits per heavy atom. The maximum Gasteiger partial charge on any atom is 0.247 e. The first-order chi connectivity index (χ1) is 14.9. The van der Waals surface area contributed by atoms with Gasteiger partial charge in [-0.2, -0.15) is 0 Å². The number of nitrogens with one attached hydrogen (secondary N) is 2. The summed E-state index contributed by atoms with van der Waals surface area (Å²) in [6, 6.07) is 11.6. The predicted molar refractivity (Wildman–Crippen MR) is 124 cm³/mol. The molecule has 0 bridgehead atoms. The maximum absolute atomic E-state index is 11.7. The monoisotopic (exact) mass is 422 g/mol. The number of pyridine rings is 1. The molecule has 0 spiro atoms. The molecule has 6 N–H and O–H groups in total. The van der Waals surface area contributed by atoms with Gasteiger partial charge in [0.25, 0.3) is 0 Å². The minimum absolute atomic E-state index is 0.261. The molecule has 0 radical (unpaired) electrons. The molecule has 1 atom stereocenters. The van der Waals surface area contributed by atoms with Gasteiger partial charge < -0.3 is 26.8 Å². The largest absolute Gasteiger partial charge is 0.402 e. The summed E-state index contributed by atoms with van der Waals surface area (Å²) in [7, 11) is 0. The molecule has 1 unspecified atom stereocenters. The Labute approximate surface area is 183 Å². The summed E-state index contributed by atoms with van der Waals surface area (Å²) in [5.74, 6) is 0.398. The molecular formula is C23H30N6O2. The van der Waals surface area contributed by atoms with E-state index in [0.29, 0.717) is 17.2 Å². The van der Waals surface area contributed by atoms with Crippen LogP contribution in [-0.2, 0) is 16.1 Å². The molecule has 1 saturated heterocycles. The zero-order valence-corrected chi connectivity index (χ0v) is 17.8. The first kappa shape index (κ1) is 22.5. The number of nitrogens with zero attached hydrogens (tertiary/aromatic N) is 2. The van der Waals surface area contributed by atoms with Gasteiger partial charge >= 0.3 is 0 Å². The van der Waals surface area contributed by atoms with Crippen LogP contribution in [0.2, 0.25) is 0 Å². The highest BCUT2D eigenvalue weighted by molar-refractivity contribution is 5.99. The molecule has 1 fully saturated rings. The van der Waals surface area contributed by atoms with Crippen molar-refractivity contribution >= 4 is 17.4 Å². The van der Waals surface area contributed by atoms with Gasteiger partial charge in [-0.1, -0.05) is 18.7 Å². The van der Waals surface area contributed by atoms with Crippen LogP contribution in [0.25, 0.3) is 11.3 Å². The Kier molecular flexibility index (Phi) is 7.77. The van der Waals surface area contributed by atoms with Crippen LogP contribution in [0.4, 0.5) is 11.5 Å². The third-order valence-electron chi connectivity index (χ3n) is 4.76. The second-order valence-corrected chi connectivity index (χ2v) is 7.49. The fraction of sp³-hybridized carbons (Fsp3) is 0.304. The van der Waals surface area contributed by atoms with Crippen LogP contribution in [0.15, 0.2) is 60.8 Å². The molecule has 3 rings (SSSR count). The molecule has 1 aromatic carbocycles. The molecular weight excluding hydrogens is 392 g/mol. The molecule has 1 aliphatic heterocycles. The van der Waals surface area contributed by atoms with E-state index in [1.54, 1.807) is 13.0 Å². The number of ether oxygens (including phenoxy) is 1. The summed E-state index contributed by atoms with van der Waals surface area (Å²) in [5.41, 5.74) is 16.0. The van der Waals surface area contributed by atoms with Crippen LogP contribution in [0.3, 0.4) is 0 Å². The Bertz CT molecular complexity index is 949. The van der Waals surface area contributed by atoms with Gasteiger partial charge in [-0.25, -0.2) is 4.98 Å². The normalized spacial score (nSPS) is 15.9. The number of anilines is 2. The van der Waals surface area contributed by atoms with Gasteiger partial charge in [0, 0.05) is 36.6 Å². The van der Waals surface area contributed by atoms with Crippen molar-refractivity contribution in [3.05, 3.63) is 66.4 Å². The van der Waals surface area contributed by atoms with Crippen molar-refractivity contribution in [1.29, 1.82) is 0 Å². The molecule has 2 heterocycles. The maximum atomic E-state index is 11.7. The molecule has 1 aromatic heterocycles. The number of benzene rings is 1. The number of aromatic nitrogens is 1. The first-order valence-electron chi connectivity index (χ1n) is 10.2. The number of allylic oxidation sites excluding steroid dienone is 1. The molecule has 31 heavy (non-hydrogen) atoms. The molecule has 1 aliphatic rings. The topological polar surface area (TPSA) is 119 Å². The third-order valence-corrected chi connectivity index (χ3v) is 4.76. The average molecular weight is 423 g/mol. The summed E-state index contributed by atoms with van der Waals surface area (Å²) < 4.78 is 5.46. The van der Waals surface area contributed by atoms with Crippen molar-refractivity contribution in [3.8, 4) is 11.3 Å². The quantitative estimate of drug-likeness (QED) is 0.381. The van der Waals surface area contributed by atoms with Crippen molar-refractivity contribution in [3.63, 3.8) is 0 Å². The van der Waals surface area contributed by atoms with Crippen molar-refractivity contribution in [2.24, 2.45) is 11.5 Å². The van der Waals surface area contributed by atoms with Gasteiger partial charge in [-0.15, -0.1) is 0 Å². The number of hydrogen-bond acceptors (Lipinski definition) is 7.